The number of anilines is 2. The molecule has 0 unspecified atom stereocenters. The van der Waals surface area contributed by atoms with Crippen molar-refractivity contribution in [2.75, 3.05) is 36.5 Å². The van der Waals surface area contributed by atoms with Crippen LogP contribution in [0, 0.1) is 17.8 Å². The maximum atomic E-state index is 12.2. The maximum Gasteiger partial charge on any atom is 0.223 e. The highest BCUT2D eigenvalue weighted by Crippen LogP contribution is 2.46. The van der Waals surface area contributed by atoms with Crippen molar-refractivity contribution in [2.45, 2.75) is 12.5 Å². The maximum absolute atomic E-state index is 12.2. The van der Waals surface area contributed by atoms with Gasteiger partial charge in [-0.2, -0.15) is 0 Å². The summed E-state index contributed by atoms with van der Waals surface area (Å²) in [6.45, 7) is 3.01. The number of amides is 1. The number of aromatic amines is 1. The van der Waals surface area contributed by atoms with Crippen LogP contribution in [0.3, 0.4) is 0 Å². The van der Waals surface area contributed by atoms with Crippen molar-refractivity contribution in [3.8, 4) is 11.4 Å². The molecule has 3 heterocycles. The van der Waals surface area contributed by atoms with Crippen molar-refractivity contribution in [1.29, 1.82) is 0 Å². The molecule has 1 saturated carbocycles. The van der Waals surface area contributed by atoms with Crippen LogP contribution < -0.4 is 16.0 Å². The number of carbonyl (C=O) groups excluding carboxylic acids is 1. The first kappa shape index (κ1) is 21.7. The van der Waals surface area contributed by atoms with Crippen LogP contribution in [0.1, 0.15) is 6.42 Å². The van der Waals surface area contributed by atoms with E-state index in [4.69, 9.17) is 33.7 Å². The van der Waals surface area contributed by atoms with Gasteiger partial charge in [-0.15, -0.1) is 0 Å². The number of rotatable bonds is 5. The van der Waals surface area contributed by atoms with E-state index in [1.54, 1.807) is 6.20 Å². The SMILES string of the molecule is NC(=O)[C@@H]1[C@H](Nc2c(Cl)cnc3nc(-c4ccc(N5CCOCC5)c(Cl)c4)[nH]c23)[C@H]2C=C[C@@H]1C2. The predicted octanol–water partition coefficient (Wildman–Crippen LogP) is 3.86. The lowest BCUT2D eigenvalue weighted by Crippen LogP contribution is -2.41. The lowest BCUT2D eigenvalue weighted by Gasteiger charge is -2.29. The van der Waals surface area contributed by atoms with Crippen LogP contribution in [0.15, 0.2) is 36.5 Å². The number of hydrogen-bond acceptors (Lipinski definition) is 6. The molecule has 3 aliphatic rings. The standard InChI is InChI=1S/C24H24Cl2N6O2/c25-15-10-14(3-4-17(15)32-5-7-34-8-6-32)23-30-21-20(16(26)11-28-24(21)31-23)29-19-13-2-1-12(9-13)18(19)22(27)33/h1-4,10-13,18-19H,5-9H2,(H2,27,33)(H2,28,29,30,31)/t12-,13+,18+,19-/m1/s1. The van der Waals surface area contributed by atoms with E-state index in [1.807, 2.05) is 18.2 Å². The van der Waals surface area contributed by atoms with Crippen molar-refractivity contribution in [3.63, 3.8) is 0 Å². The molecule has 4 N–H and O–H groups in total. The summed E-state index contributed by atoms with van der Waals surface area (Å²) in [4.78, 5) is 26.8. The minimum absolute atomic E-state index is 0.121. The number of nitrogens with two attached hydrogens (primary N) is 1. The number of imidazole rings is 1. The van der Waals surface area contributed by atoms with Gasteiger partial charge in [-0.05, 0) is 36.5 Å². The summed E-state index contributed by atoms with van der Waals surface area (Å²) in [5, 5.41) is 4.62. The average Bonchev–Trinajstić information content (AvgIpc) is 3.56. The van der Waals surface area contributed by atoms with Crippen LogP contribution in [0.5, 0.6) is 0 Å². The Morgan fingerprint density at radius 1 is 1.18 bits per heavy atom. The van der Waals surface area contributed by atoms with Gasteiger partial charge in [0.05, 0.1) is 46.7 Å². The molecule has 4 atom stereocenters. The summed E-state index contributed by atoms with van der Waals surface area (Å²) >= 11 is 13.2. The van der Waals surface area contributed by atoms with Crippen LogP contribution >= 0.6 is 23.2 Å². The fourth-order valence-electron chi connectivity index (χ4n) is 5.50. The minimum Gasteiger partial charge on any atom is -0.378 e. The number of ether oxygens (including phenoxy) is 1. The number of primary amides is 1. The molecule has 3 aromatic rings. The van der Waals surface area contributed by atoms with Crippen molar-refractivity contribution in [1.82, 2.24) is 15.0 Å². The van der Waals surface area contributed by atoms with Gasteiger partial charge in [-0.25, -0.2) is 9.97 Å². The molecule has 2 bridgehead atoms. The van der Waals surface area contributed by atoms with Crippen molar-refractivity contribution in [3.05, 3.63) is 46.6 Å². The van der Waals surface area contributed by atoms with E-state index in [-0.39, 0.29) is 29.7 Å². The fourth-order valence-corrected chi connectivity index (χ4v) is 6.00. The highest BCUT2D eigenvalue weighted by Gasteiger charge is 2.47. The van der Waals surface area contributed by atoms with Gasteiger partial charge in [0, 0.05) is 24.7 Å². The third-order valence-corrected chi connectivity index (χ3v) is 7.73. The Bertz CT molecular complexity index is 1300. The molecular weight excluding hydrogens is 475 g/mol. The van der Waals surface area contributed by atoms with E-state index >= 15 is 0 Å². The zero-order valence-corrected chi connectivity index (χ0v) is 19.8. The monoisotopic (exact) mass is 498 g/mol. The Balaban J connectivity index is 1.34. The summed E-state index contributed by atoms with van der Waals surface area (Å²) in [6, 6.07) is 5.79. The number of aromatic nitrogens is 3. The van der Waals surface area contributed by atoms with Gasteiger partial charge in [-0.3, -0.25) is 4.79 Å². The zero-order valence-electron chi connectivity index (χ0n) is 18.3. The van der Waals surface area contributed by atoms with Crippen LogP contribution in [-0.2, 0) is 9.53 Å². The quantitative estimate of drug-likeness (QED) is 0.460. The fraction of sp³-hybridized carbons (Fsp3) is 0.375. The Labute approximate surface area is 206 Å². The molecule has 2 fully saturated rings. The van der Waals surface area contributed by atoms with Gasteiger partial charge in [0.1, 0.15) is 11.3 Å². The number of morpholine rings is 1. The van der Waals surface area contributed by atoms with Gasteiger partial charge in [0.25, 0.3) is 0 Å². The molecule has 1 saturated heterocycles. The molecular formula is C24H24Cl2N6O2. The Hall–Kier alpha value is -2.81. The highest BCUT2D eigenvalue weighted by molar-refractivity contribution is 6.34. The van der Waals surface area contributed by atoms with Gasteiger partial charge in [0.15, 0.2) is 5.65 Å². The largest absolute Gasteiger partial charge is 0.378 e. The summed E-state index contributed by atoms with van der Waals surface area (Å²) in [5.41, 5.74) is 9.46. The Kier molecular flexibility index (Phi) is 5.39. The van der Waals surface area contributed by atoms with Crippen LogP contribution in [0.2, 0.25) is 10.0 Å². The number of H-pyrrole nitrogens is 1. The second-order valence-electron chi connectivity index (χ2n) is 9.08. The Morgan fingerprint density at radius 3 is 2.74 bits per heavy atom. The number of carbonyl (C=O) groups is 1. The van der Waals surface area contributed by atoms with Crippen molar-refractivity contribution >= 4 is 51.6 Å². The topological polar surface area (TPSA) is 109 Å². The third kappa shape index (κ3) is 3.61. The first-order valence-electron chi connectivity index (χ1n) is 11.4. The normalized spacial score (nSPS) is 25.9. The van der Waals surface area contributed by atoms with Crippen LogP contribution in [0.4, 0.5) is 11.4 Å². The van der Waals surface area contributed by atoms with Gasteiger partial charge in [0.2, 0.25) is 5.91 Å². The smallest absolute Gasteiger partial charge is 0.223 e. The summed E-state index contributed by atoms with van der Waals surface area (Å²) in [6.07, 6.45) is 6.75. The molecule has 2 aromatic heterocycles. The number of halogens is 2. The molecule has 1 aliphatic heterocycles. The zero-order chi connectivity index (χ0) is 23.4. The van der Waals surface area contributed by atoms with Crippen LogP contribution in [0.25, 0.3) is 22.6 Å². The third-order valence-electron chi connectivity index (χ3n) is 7.15. The minimum atomic E-state index is -0.295. The van der Waals surface area contributed by atoms with E-state index in [2.05, 4.69) is 37.3 Å². The van der Waals surface area contributed by atoms with Crippen molar-refractivity contribution < 1.29 is 9.53 Å². The number of benzene rings is 1. The molecule has 0 spiro atoms. The lowest BCUT2D eigenvalue weighted by molar-refractivity contribution is -0.122. The number of nitrogens with zero attached hydrogens (tertiary/aromatic N) is 3. The first-order chi connectivity index (χ1) is 16.5. The van der Waals surface area contributed by atoms with E-state index in [0.29, 0.717) is 45.9 Å². The predicted molar refractivity (Wildman–Crippen MR) is 133 cm³/mol. The number of fused-ring (bicyclic) bond motifs is 3. The number of nitrogens with one attached hydrogen (secondary N) is 2. The molecule has 8 nitrogen and oxygen atoms in total. The average molecular weight is 499 g/mol. The Morgan fingerprint density at radius 2 is 1.97 bits per heavy atom. The molecule has 1 aromatic carbocycles. The second-order valence-corrected chi connectivity index (χ2v) is 9.89. The molecule has 0 radical (unpaired) electrons. The second kappa shape index (κ2) is 8.45. The molecule has 34 heavy (non-hydrogen) atoms. The van der Waals surface area contributed by atoms with E-state index < -0.39 is 0 Å². The lowest BCUT2D eigenvalue weighted by atomic mass is 9.88. The first-order valence-corrected chi connectivity index (χ1v) is 12.2. The highest BCUT2D eigenvalue weighted by atomic mass is 35.5. The van der Waals surface area contributed by atoms with Gasteiger partial charge >= 0.3 is 0 Å². The molecule has 10 heteroatoms. The molecule has 176 valence electrons. The van der Waals surface area contributed by atoms with Crippen molar-refractivity contribution in [2.24, 2.45) is 23.5 Å². The van der Waals surface area contributed by atoms with E-state index in [0.717, 1.165) is 30.8 Å². The molecule has 1 amide bonds. The number of allylic oxidation sites excluding steroid dienone is 1. The van der Waals surface area contributed by atoms with Gasteiger partial charge < -0.3 is 25.7 Å². The molecule has 6 rings (SSSR count). The summed E-state index contributed by atoms with van der Waals surface area (Å²) in [7, 11) is 0. The van der Waals surface area contributed by atoms with Crippen LogP contribution in [-0.4, -0.2) is 53.2 Å². The van der Waals surface area contributed by atoms with E-state index in [9.17, 15) is 4.79 Å². The van der Waals surface area contributed by atoms with E-state index in [1.165, 1.54) is 0 Å². The number of pyridine rings is 1. The summed E-state index contributed by atoms with van der Waals surface area (Å²) in [5.74, 6) is 0.470. The number of hydrogen-bond donors (Lipinski definition) is 3. The molecule has 2 aliphatic carbocycles. The van der Waals surface area contributed by atoms with Gasteiger partial charge in [-0.1, -0.05) is 35.4 Å². The summed E-state index contributed by atoms with van der Waals surface area (Å²) < 4.78 is 5.44.